The van der Waals surface area contributed by atoms with E-state index in [2.05, 4.69) is 20.8 Å². The van der Waals surface area contributed by atoms with Crippen molar-refractivity contribution in [2.45, 2.75) is 25.7 Å². The number of nitrogens with one attached hydrogen (secondary N) is 1. The van der Waals surface area contributed by atoms with Crippen LogP contribution in [0.15, 0.2) is 47.6 Å². The summed E-state index contributed by atoms with van der Waals surface area (Å²) in [7, 11) is -2.51. The third-order valence-corrected chi connectivity index (χ3v) is 6.25. The number of tetrazole rings is 1. The molecule has 0 aliphatic carbocycles. The molecular weight excluding hydrogens is 392 g/mol. The van der Waals surface area contributed by atoms with Crippen molar-refractivity contribution >= 4 is 21.6 Å². The monoisotopic (exact) mass is 414 g/mol. The second kappa shape index (κ2) is 8.10. The Morgan fingerprint density at radius 1 is 1.14 bits per heavy atom. The topological polar surface area (TPSA) is 110 Å². The number of nitrogens with zero attached hydrogens (tertiary/aromatic N) is 5. The van der Waals surface area contributed by atoms with Crippen LogP contribution in [0.4, 0.5) is 5.69 Å². The molecule has 0 unspecified atom stereocenters. The van der Waals surface area contributed by atoms with Gasteiger partial charge in [0.25, 0.3) is 0 Å². The van der Waals surface area contributed by atoms with Gasteiger partial charge in [0.2, 0.25) is 15.9 Å². The van der Waals surface area contributed by atoms with Gasteiger partial charge in [-0.05, 0) is 60.5 Å². The molecule has 0 aliphatic heterocycles. The summed E-state index contributed by atoms with van der Waals surface area (Å²) in [4.78, 5) is 12.5. The van der Waals surface area contributed by atoms with Gasteiger partial charge in [-0.1, -0.05) is 23.8 Å². The van der Waals surface area contributed by atoms with Gasteiger partial charge in [-0.2, -0.15) is 4.31 Å². The smallest absolute Gasteiger partial charge is 0.243 e. The van der Waals surface area contributed by atoms with Crippen LogP contribution in [0.5, 0.6) is 0 Å². The van der Waals surface area contributed by atoms with E-state index in [0.29, 0.717) is 11.4 Å². The molecule has 10 heteroatoms. The Hall–Kier alpha value is -3.11. The average Bonchev–Trinajstić information content (AvgIpc) is 3.19. The summed E-state index contributed by atoms with van der Waals surface area (Å²) in [5.41, 5.74) is 4.15. The molecule has 0 spiro atoms. The Morgan fingerprint density at radius 3 is 2.45 bits per heavy atom. The van der Waals surface area contributed by atoms with Gasteiger partial charge in [-0.25, -0.2) is 13.1 Å². The highest BCUT2D eigenvalue weighted by molar-refractivity contribution is 7.89. The molecule has 0 bridgehead atoms. The minimum Gasteiger partial charge on any atom is -0.324 e. The molecule has 1 N–H and O–H groups in total. The molecule has 0 fully saturated rings. The lowest BCUT2D eigenvalue weighted by molar-refractivity contribution is -0.116. The lowest BCUT2D eigenvalue weighted by Crippen LogP contribution is -2.35. The minimum absolute atomic E-state index is 0.0449. The molecule has 152 valence electrons. The van der Waals surface area contributed by atoms with Gasteiger partial charge in [-0.15, -0.1) is 5.10 Å². The number of sulfonamides is 1. The fourth-order valence-electron chi connectivity index (χ4n) is 3.09. The summed E-state index contributed by atoms with van der Waals surface area (Å²) in [6, 6.07) is 10.1. The fraction of sp³-hybridized carbons (Fsp3) is 0.263. The molecule has 1 amide bonds. The number of likely N-dealkylation sites (N-methyl/N-ethyl adjacent to an activating group) is 1. The molecule has 0 saturated heterocycles. The van der Waals surface area contributed by atoms with E-state index >= 15 is 0 Å². The molecule has 9 nitrogen and oxygen atoms in total. The summed E-state index contributed by atoms with van der Waals surface area (Å²) in [6.07, 6.45) is 1.37. The van der Waals surface area contributed by atoms with Crippen LogP contribution in [-0.4, -0.2) is 52.4 Å². The first-order valence-electron chi connectivity index (χ1n) is 8.86. The number of carbonyl (C=O) groups excluding carboxylic acids is 1. The maximum Gasteiger partial charge on any atom is 0.243 e. The molecular formula is C19H22N6O3S. The van der Waals surface area contributed by atoms with Crippen molar-refractivity contribution in [2.75, 3.05) is 18.9 Å². The SMILES string of the molecule is Cc1cc(C)c(NC(=O)CN(C)S(=O)(=O)c2cccc(-n3cnnn3)c2)c(C)c1. The third kappa shape index (κ3) is 4.49. The number of aryl methyl sites for hydroxylation is 3. The number of aromatic nitrogens is 4. The lowest BCUT2D eigenvalue weighted by atomic mass is 10.1. The van der Waals surface area contributed by atoms with Crippen LogP contribution < -0.4 is 5.32 Å². The third-order valence-electron chi connectivity index (χ3n) is 4.45. The minimum atomic E-state index is -3.88. The van der Waals surface area contributed by atoms with Crippen molar-refractivity contribution in [3.8, 4) is 5.69 Å². The second-order valence-electron chi connectivity index (χ2n) is 6.83. The van der Waals surface area contributed by atoms with Gasteiger partial charge in [-0.3, -0.25) is 4.79 Å². The van der Waals surface area contributed by atoms with Crippen molar-refractivity contribution in [1.29, 1.82) is 0 Å². The first-order valence-corrected chi connectivity index (χ1v) is 10.3. The Labute approximate surface area is 169 Å². The number of hydrogen-bond donors (Lipinski definition) is 1. The lowest BCUT2D eigenvalue weighted by Gasteiger charge is -2.18. The number of amides is 1. The second-order valence-corrected chi connectivity index (χ2v) is 8.88. The van der Waals surface area contributed by atoms with Gasteiger partial charge in [0.15, 0.2) is 0 Å². The van der Waals surface area contributed by atoms with Gasteiger partial charge >= 0.3 is 0 Å². The molecule has 3 aromatic rings. The van der Waals surface area contributed by atoms with Crippen LogP contribution in [0.3, 0.4) is 0 Å². The highest BCUT2D eigenvalue weighted by Gasteiger charge is 2.24. The van der Waals surface area contributed by atoms with E-state index in [4.69, 9.17) is 0 Å². The summed E-state index contributed by atoms with van der Waals surface area (Å²) in [6.45, 7) is 5.47. The van der Waals surface area contributed by atoms with Crippen LogP contribution in [0.2, 0.25) is 0 Å². The molecule has 0 atom stereocenters. The number of rotatable bonds is 6. The Morgan fingerprint density at radius 2 is 1.83 bits per heavy atom. The largest absolute Gasteiger partial charge is 0.324 e. The van der Waals surface area contributed by atoms with E-state index in [9.17, 15) is 13.2 Å². The van der Waals surface area contributed by atoms with E-state index in [1.165, 1.54) is 30.2 Å². The number of carbonyl (C=O) groups is 1. The molecule has 1 aromatic heterocycles. The molecule has 0 saturated carbocycles. The van der Waals surface area contributed by atoms with Gasteiger partial charge in [0.1, 0.15) is 6.33 Å². The zero-order valence-electron chi connectivity index (χ0n) is 16.6. The summed E-state index contributed by atoms with van der Waals surface area (Å²) >= 11 is 0. The van der Waals surface area contributed by atoms with E-state index in [0.717, 1.165) is 21.0 Å². The molecule has 2 aromatic carbocycles. The van der Waals surface area contributed by atoms with Crippen molar-refractivity contribution in [3.63, 3.8) is 0 Å². The summed E-state index contributed by atoms with van der Waals surface area (Å²) < 4.78 is 28.2. The molecule has 3 rings (SSSR count). The Balaban J connectivity index is 1.77. The molecule has 0 radical (unpaired) electrons. The van der Waals surface area contributed by atoms with Crippen molar-refractivity contribution < 1.29 is 13.2 Å². The van der Waals surface area contributed by atoms with Crippen molar-refractivity contribution in [2.24, 2.45) is 0 Å². The van der Waals surface area contributed by atoms with Gasteiger partial charge < -0.3 is 5.32 Å². The van der Waals surface area contributed by atoms with E-state index in [1.54, 1.807) is 12.1 Å². The standard InChI is InChI=1S/C19H22N6O3S/c1-13-8-14(2)19(15(3)9-13)21-18(26)11-24(4)29(27,28)17-7-5-6-16(10-17)25-12-20-22-23-25/h5-10,12H,11H2,1-4H3,(H,21,26). The Bertz CT molecular complexity index is 1120. The van der Waals surface area contributed by atoms with E-state index < -0.39 is 15.9 Å². The average molecular weight is 414 g/mol. The first kappa shape index (κ1) is 20.6. The van der Waals surface area contributed by atoms with Crippen LogP contribution in [0, 0.1) is 20.8 Å². The molecule has 0 aliphatic rings. The maximum absolute atomic E-state index is 12.9. The van der Waals surface area contributed by atoms with Crippen LogP contribution in [0.1, 0.15) is 16.7 Å². The van der Waals surface area contributed by atoms with Crippen molar-refractivity contribution in [3.05, 3.63) is 59.4 Å². The summed E-state index contributed by atoms with van der Waals surface area (Å²) in [5.74, 6) is -0.414. The predicted octanol–water partition coefficient (Wildman–Crippen LogP) is 1.85. The van der Waals surface area contributed by atoms with Crippen molar-refractivity contribution in [1.82, 2.24) is 24.5 Å². The highest BCUT2D eigenvalue weighted by atomic mass is 32.2. The van der Waals surface area contributed by atoms with Gasteiger partial charge in [0, 0.05) is 12.7 Å². The molecule has 29 heavy (non-hydrogen) atoms. The maximum atomic E-state index is 12.9. The normalized spacial score (nSPS) is 11.6. The molecule has 1 heterocycles. The fourth-order valence-corrected chi connectivity index (χ4v) is 4.26. The number of hydrogen-bond acceptors (Lipinski definition) is 6. The number of anilines is 1. The quantitative estimate of drug-likeness (QED) is 0.659. The predicted molar refractivity (Wildman–Crippen MR) is 108 cm³/mol. The van der Waals surface area contributed by atoms with Crippen LogP contribution in [-0.2, 0) is 14.8 Å². The van der Waals surface area contributed by atoms with Crippen LogP contribution >= 0.6 is 0 Å². The highest BCUT2D eigenvalue weighted by Crippen LogP contribution is 2.22. The zero-order valence-corrected chi connectivity index (χ0v) is 17.4. The number of benzene rings is 2. The first-order chi connectivity index (χ1) is 13.7. The van der Waals surface area contributed by atoms with Gasteiger partial charge in [0.05, 0.1) is 17.1 Å². The Kier molecular flexibility index (Phi) is 5.76. The van der Waals surface area contributed by atoms with E-state index in [1.807, 2.05) is 32.9 Å². The van der Waals surface area contributed by atoms with E-state index in [-0.39, 0.29) is 11.4 Å². The summed E-state index contributed by atoms with van der Waals surface area (Å²) in [5, 5.41) is 13.7. The zero-order chi connectivity index (χ0) is 21.2. The van der Waals surface area contributed by atoms with Crippen LogP contribution in [0.25, 0.3) is 5.69 Å².